The van der Waals surface area contributed by atoms with Crippen molar-refractivity contribution < 1.29 is 34.5 Å². The molecule has 3 N–H and O–H groups in total. The van der Waals surface area contributed by atoms with Gasteiger partial charge in [0.25, 0.3) is 0 Å². The Balaban J connectivity index is 4.46. The van der Waals surface area contributed by atoms with Gasteiger partial charge in [-0.2, -0.15) is 0 Å². The van der Waals surface area contributed by atoms with Crippen LogP contribution < -0.4 is 0 Å². The van der Waals surface area contributed by atoms with E-state index < -0.39 is 50.0 Å². The molecule has 0 aliphatic carbocycles. The van der Waals surface area contributed by atoms with Crippen molar-refractivity contribution in [3.05, 3.63) is 0 Å². The van der Waals surface area contributed by atoms with Gasteiger partial charge in [0.05, 0.1) is 19.6 Å². The molecule has 1 amide bonds. The molecule has 9 heteroatoms. The van der Waals surface area contributed by atoms with E-state index in [1.54, 1.807) is 0 Å². The fourth-order valence-corrected chi connectivity index (χ4v) is 1.15. The van der Waals surface area contributed by atoms with E-state index in [1.165, 1.54) is 7.05 Å². The first kappa shape index (κ1) is 15.8. The van der Waals surface area contributed by atoms with Crippen LogP contribution in [0.4, 0.5) is 0 Å². The number of rotatable bonds is 8. The Bertz CT molecular complexity index is 339. The molecule has 0 unspecified atom stereocenters. The second kappa shape index (κ2) is 7.22. The van der Waals surface area contributed by atoms with E-state index in [-0.39, 0.29) is 0 Å². The molecular formula is C9H14N2O7. The predicted octanol–water partition coefficient (Wildman–Crippen LogP) is -2.00. The number of amides is 1. The van der Waals surface area contributed by atoms with Crippen molar-refractivity contribution in [1.82, 2.24) is 9.80 Å². The van der Waals surface area contributed by atoms with Crippen molar-refractivity contribution in [2.24, 2.45) is 0 Å². The Labute approximate surface area is 102 Å². The largest absolute Gasteiger partial charge is 0.480 e. The molecule has 0 saturated carbocycles. The van der Waals surface area contributed by atoms with Gasteiger partial charge in [-0.15, -0.1) is 0 Å². The molecule has 0 fully saturated rings. The molecule has 0 aromatic rings. The summed E-state index contributed by atoms with van der Waals surface area (Å²) < 4.78 is 0. The highest BCUT2D eigenvalue weighted by molar-refractivity contribution is 5.83. The Morgan fingerprint density at radius 1 is 0.778 bits per heavy atom. The van der Waals surface area contributed by atoms with Crippen molar-refractivity contribution in [1.29, 1.82) is 0 Å². The lowest BCUT2D eigenvalue weighted by Gasteiger charge is -2.21. The lowest BCUT2D eigenvalue weighted by Crippen LogP contribution is -2.44. The molecule has 9 nitrogen and oxygen atoms in total. The molecule has 0 spiro atoms. The van der Waals surface area contributed by atoms with E-state index in [0.717, 1.165) is 9.80 Å². The van der Waals surface area contributed by atoms with Crippen molar-refractivity contribution in [3.8, 4) is 0 Å². The molecule has 102 valence electrons. The highest BCUT2D eigenvalue weighted by Crippen LogP contribution is 1.93. The first-order valence-electron chi connectivity index (χ1n) is 4.84. The Kier molecular flexibility index (Phi) is 6.35. The highest BCUT2D eigenvalue weighted by Gasteiger charge is 2.20. The predicted molar refractivity (Wildman–Crippen MR) is 57.0 cm³/mol. The van der Waals surface area contributed by atoms with Crippen LogP contribution in [0, 0.1) is 0 Å². The zero-order valence-electron chi connectivity index (χ0n) is 9.70. The number of carbonyl (C=O) groups excluding carboxylic acids is 1. The maximum Gasteiger partial charge on any atom is 0.323 e. The third kappa shape index (κ3) is 7.17. The summed E-state index contributed by atoms with van der Waals surface area (Å²) in [5, 5.41) is 25.5. The number of hydrogen-bond donors (Lipinski definition) is 3. The summed E-state index contributed by atoms with van der Waals surface area (Å²) in [5.41, 5.74) is 0. The van der Waals surface area contributed by atoms with E-state index in [9.17, 15) is 19.2 Å². The van der Waals surface area contributed by atoms with Gasteiger partial charge in [-0.05, 0) is 0 Å². The monoisotopic (exact) mass is 262 g/mol. The van der Waals surface area contributed by atoms with E-state index in [1.807, 2.05) is 0 Å². The second-order valence-corrected chi connectivity index (χ2v) is 3.58. The fourth-order valence-electron chi connectivity index (χ4n) is 1.15. The average Bonchev–Trinajstić information content (AvgIpc) is 2.13. The third-order valence-electron chi connectivity index (χ3n) is 1.87. The second-order valence-electron chi connectivity index (χ2n) is 3.58. The normalized spacial score (nSPS) is 10.1. The quantitative estimate of drug-likeness (QED) is 0.457. The molecule has 18 heavy (non-hydrogen) atoms. The van der Waals surface area contributed by atoms with Crippen LogP contribution in [0.15, 0.2) is 0 Å². The molecule has 0 rings (SSSR count). The lowest BCUT2D eigenvalue weighted by atomic mass is 10.4. The van der Waals surface area contributed by atoms with Gasteiger partial charge in [-0.1, -0.05) is 0 Å². The first-order chi connectivity index (χ1) is 8.22. The smallest absolute Gasteiger partial charge is 0.323 e. The van der Waals surface area contributed by atoms with Gasteiger partial charge < -0.3 is 20.2 Å². The van der Waals surface area contributed by atoms with Crippen molar-refractivity contribution >= 4 is 23.8 Å². The third-order valence-corrected chi connectivity index (χ3v) is 1.87. The summed E-state index contributed by atoms with van der Waals surface area (Å²) in [6, 6.07) is 0. The van der Waals surface area contributed by atoms with E-state index in [4.69, 9.17) is 15.3 Å². The average molecular weight is 262 g/mol. The van der Waals surface area contributed by atoms with Crippen molar-refractivity contribution in [3.63, 3.8) is 0 Å². The van der Waals surface area contributed by atoms with Gasteiger partial charge in [0.1, 0.15) is 6.54 Å². The SMILES string of the molecule is CN(CC(=O)O)C(=O)CN(CC(=O)O)CC(=O)O. The van der Waals surface area contributed by atoms with Crippen molar-refractivity contribution in [2.45, 2.75) is 0 Å². The van der Waals surface area contributed by atoms with Gasteiger partial charge in [0.15, 0.2) is 0 Å². The lowest BCUT2D eigenvalue weighted by molar-refractivity contribution is -0.147. The molecule has 0 bridgehead atoms. The van der Waals surface area contributed by atoms with Crippen LogP contribution in [0.25, 0.3) is 0 Å². The van der Waals surface area contributed by atoms with Gasteiger partial charge in [0, 0.05) is 7.05 Å². The zero-order valence-corrected chi connectivity index (χ0v) is 9.70. The summed E-state index contributed by atoms with van der Waals surface area (Å²) in [5.74, 6) is -4.43. The number of carbonyl (C=O) groups is 4. The van der Waals surface area contributed by atoms with E-state index in [2.05, 4.69) is 0 Å². The minimum absolute atomic E-state index is 0.470. The first-order valence-corrected chi connectivity index (χ1v) is 4.84. The molecule has 0 heterocycles. The number of hydrogen-bond acceptors (Lipinski definition) is 5. The van der Waals surface area contributed by atoms with Gasteiger partial charge >= 0.3 is 17.9 Å². The molecule has 0 atom stereocenters. The summed E-state index contributed by atoms with van der Waals surface area (Å²) in [6.07, 6.45) is 0. The molecule has 0 aromatic heterocycles. The summed E-state index contributed by atoms with van der Waals surface area (Å²) >= 11 is 0. The van der Waals surface area contributed by atoms with Crippen LogP contribution in [-0.2, 0) is 19.2 Å². The molecule has 0 aromatic carbocycles. The highest BCUT2D eigenvalue weighted by atomic mass is 16.4. The van der Waals surface area contributed by atoms with Crippen LogP contribution in [0.2, 0.25) is 0 Å². The number of likely N-dealkylation sites (N-methyl/N-ethyl adjacent to an activating group) is 1. The minimum Gasteiger partial charge on any atom is -0.480 e. The summed E-state index contributed by atoms with van der Waals surface area (Å²) in [4.78, 5) is 44.5. The number of nitrogens with zero attached hydrogens (tertiary/aromatic N) is 2. The fraction of sp³-hybridized carbons (Fsp3) is 0.556. The van der Waals surface area contributed by atoms with Gasteiger partial charge in [-0.3, -0.25) is 24.1 Å². The van der Waals surface area contributed by atoms with Gasteiger partial charge in [0.2, 0.25) is 5.91 Å². The maximum absolute atomic E-state index is 11.5. The van der Waals surface area contributed by atoms with Crippen molar-refractivity contribution in [2.75, 3.05) is 33.2 Å². The number of carboxylic acids is 3. The van der Waals surface area contributed by atoms with Crippen LogP contribution in [0.1, 0.15) is 0 Å². The standard InChI is InChI=1S/C9H14N2O7/c1-10(3-7(13)14)6(12)2-11(4-8(15)16)5-9(17)18/h2-5H2,1H3,(H,13,14)(H,15,16)(H,17,18). The maximum atomic E-state index is 11.5. The zero-order chi connectivity index (χ0) is 14.3. The molecule has 0 saturated heterocycles. The molecular weight excluding hydrogens is 248 g/mol. The van der Waals surface area contributed by atoms with E-state index >= 15 is 0 Å². The van der Waals surface area contributed by atoms with Crippen LogP contribution >= 0.6 is 0 Å². The Morgan fingerprint density at radius 3 is 1.50 bits per heavy atom. The summed E-state index contributed by atoms with van der Waals surface area (Å²) in [6.45, 7) is -2.23. The van der Waals surface area contributed by atoms with Crippen LogP contribution in [0.3, 0.4) is 0 Å². The number of carboxylic acid groups (broad SMARTS) is 3. The molecule has 0 aliphatic rings. The Morgan fingerprint density at radius 2 is 1.17 bits per heavy atom. The Hall–Kier alpha value is -2.16. The molecule has 0 aliphatic heterocycles. The van der Waals surface area contributed by atoms with E-state index in [0.29, 0.717) is 0 Å². The van der Waals surface area contributed by atoms with Crippen LogP contribution in [-0.4, -0.2) is 82.2 Å². The topological polar surface area (TPSA) is 135 Å². The minimum atomic E-state index is -1.27. The summed E-state index contributed by atoms with van der Waals surface area (Å²) in [7, 11) is 1.23. The van der Waals surface area contributed by atoms with Gasteiger partial charge in [-0.25, -0.2) is 0 Å². The molecule has 0 radical (unpaired) electrons. The van der Waals surface area contributed by atoms with Crippen LogP contribution in [0.5, 0.6) is 0 Å². The number of aliphatic carboxylic acids is 3.